The van der Waals surface area contributed by atoms with Gasteiger partial charge in [-0.15, -0.1) is 0 Å². The van der Waals surface area contributed by atoms with E-state index >= 15 is 0 Å². The third-order valence-electron chi connectivity index (χ3n) is 4.41. The van der Waals surface area contributed by atoms with Crippen molar-refractivity contribution in [2.45, 2.75) is 29.3 Å². The Kier molecular flexibility index (Phi) is 6.93. The van der Waals surface area contributed by atoms with Crippen molar-refractivity contribution in [1.29, 1.82) is 0 Å². The minimum absolute atomic E-state index is 0.114. The van der Waals surface area contributed by atoms with Crippen LogP contribution in [0.2, 0.25) is 0 Å². The zero-order valence-electron chi connectivity index (χ0n) is 15.6. The Balaban J connectivity index is 1.48. The Labute approximate surface area is 169 Å². The topological polar surface area (TPSA) is 88.6 Å². The Morgan fingerprint density at radius 1 is 1.18 bits per heavy atom. The number of benzene rings is 1. The van der Waals surface area contributed by atoms with Gasteiger partial charge < -0.3 is 10.1 Å². The van der Waals surface area contributed by atoms with Crippen molar-refractivity contribution >= 4 is 27.7 Å². The summed E-state index contributed by atoms with van der Waals surface area (Å²) in [6, 6.07) is 10.7. The van der Waals surface area contributed by atoms with Gasteiger partial charge in [0.15, 0.2) is 0 Å². The van der Waals surface area contributed by atoms with Crippen molar-refractivity contribution in [1.82, 2.24) is 14.6 Å². The molecule has 1 aromatic carbocycles. The quantitative estimate of drug-likeness (QED) is 0.658. The van der Waals surface area contributed by atoms with Crippen molar-refractivity contribution in [3.8, 4) is 5.75 Å². The van der Waals surface area contributed by atoms with Crippen molar-refractivity contribution < 1.29 is 17.9 Å². The van der Waals surface area contributed by atoms with Gasteiger partial charge in [-0.1, -0.05) is 23.9 Å². The fourth-order valence-corrected chi connectivity index (χ4v) is 4.95. The molecule has 1 aromatic heterocycles. The smallest absolute Gasteiger partial charge is 0.244 e. The molecule has 1 amide bonds. The molecule has 0 spiro atoms. The number of hydrogen-bond donors (Lipinski definition) is 1. The van der Waals surface area contributed by atoms with Crippen LogP contribution in [0.4, 0.5) is 0 Å². The summed E-state index contributed by atoms with van der Waals surface area (Å²) in [4.78, 5) is 16.4. The van der Waals surface area contributed by atoms with E-state index in [1.165, 1.54) is 22.3 Å². The lowest BCUT2D eigenvalue weighted by molar-refractivity contribution is -0.118. The van der Waals surface area contributed by atoms with Gasteiger partial charge in [0, 0.05) is 25.8 Å². The molecule has 2 aromatic rings. The summed E-state index contributed by atoms with van der Waals surface area (Å²) in [6.07, 6.45) is 3.16. The number of carbonyl (C=O) groups is 1. The van der Waals surface area contributed by atoms with Gasteiger partial charge in [-0.05, 0) is 42.7 Å². The van der Waals surface area contributed by atoms with Crippen LogP contribution in [0.15, 0.2) is 52.5 Å². The third-order valence-corrected chi connectivity index (χ3v) is 7.24. The van der Waals surface area contributed by atoms with Crippen molar-refractivity contribution in [2.24, 2.45) is 0 Å². The summed E-state index contributed by atoms with van der Waals surface area (Å²) < 4.78 is 31.6. The van der Waals surface area contributed by atoms with Crippen LogP contribution in [-0.4, -0.2) is 49.6 Å². The van der Waals surface area contributed by atoms with Gasteiger partial charge in [0.25, 0.3) is 0 Å². The highest BCUT2D eigenvalue weighted by atomic mass is 32.2. The first kappa shape index (κ1) is 20.6. The zero-order valence-corrected chi connectivity index (χ0v) is 17.3. The van der Waals surface area contributed by atoms with Gasteiger partial charge in [0.2, 0.25) is 15.9 Å². The molecule has 1 aliphatic rings. The van der Waals surface area contributed by atoms with Crippen molar-refractivity contribution in [2.75, 3.05) is 26.0 Å². The molecule has 0 atom stereocenters. The first-order valence-electron chi connectivity index (χ1n) is 8.97. The highest BCUT2D eigenvalue weighted by molar-refractivity contribution is 7.99. The molecule has 1 fully saturated rings. The number of aromatic nitrogens is 1. The monoisotopic (exact) mass is 421 g/mol. The number of ether oxygens (including phenoxy) is 1. The van der Waals surface area contributed by atoms with E-state index in [1.807, 2.05) is 24.3 Å². The van der Waals surface area contributed by atoms with E-state index < -0.39 is 10.0 Å². The van der Waals surface area contributed by atoms with Gasteiger partial charge in [-0.3, -0.25) is 4.79 Å². The van der Waals surface area contributed by atoms with Gasteiger partial charge >= 0.3 is 0 Å². The first-order valence-corrected chi connectivity index (χ1v) is 11.4. The lowest BCUT2D eigenvalue weighted by Gasteiger charge is -2.15. The maximum Gasteiger partial charge on any atom is 0.244 e. The molecule has 0 aliphatic carbocycles. The number of rotatable bonds is 8. The lowest BCUT2D eigenvalue weighted by atomic mass is 10.2. The Hall–Kier alpha value is -2.10. The average Bonchev–Trinajstić information content (AvgIpc) is 3.27. The predicted octanol–water partition coefficient (Wildman–Crippen LogP) is 2.28. The van der Waals surface area contributed by atoms with Gasteiger partial charge in [0.05, 0.1) is 17.9 Å². The number of nitrogens with zero attached hydrogens (tertiary/aromatic N) is 2. The predicted molar refractivity (Wildman–Crippen MR) is 108 cm³/mol. The van der Waals surface area contributed by atoms with Crippen LogP contribution < -0.4 is 10.1 Å². The number of thioether (sulfide) groups is 1. The molecule has 3 rings (SSSR count). The summed E-state index contributed by atoms with van der Waals surface area (Å²) in [6.45, 7) is 1.56. The molecular weight excluding hydrogens is 398 g/mol. The first-order chi connectivity index (χ1) is 13.5. The Morgan fingerprint density at radius 2 is 1.89 bits per heavy atom. The van der Waals surface area contributed by atoms with Crippen molar-refractivity contribution in [3.05, 3.63) is 48.2 Å². The Morgan fingerprint density at radius 3 is 2.50 bits per heavy atom. The molecular formula is C19H23N3O4S2. The van der Waals surface area contributed by atoms with Crippen LogP contribution >= 0.6 is 11.8 Å². The van der Waals surface area contributed by atoms with Crippen LogP contribution in [-0.2, 0) is 21.4 Å². The standard InChI is InChI=1S/C19H23N3O4S2/c1-26-16-6-4-15(5-7-16)12-20-18(23)14-27-19-9-8-17(13-21-19)28(24,25)22-10-2-3-11-22/h4-9,13H,2-3,10-12,14H2,1H3,(H,20,23). The summed E-state index contributed by atoms with van der Waals surface area (Å²) in [5.41, 5.74) is 0.980. The van der Waals surface area contributed by atoms with Crippen LogP contribution in [0, 0.1) is 0 Å². The van der Waals surface area contributed by atoms with Crippen molar-refractivity contribution in [3.63, 3.8) is 0 Å². The van der Waals surface area contributed by atoms with Crippen LogP contribution in [0.5, 0.6) is 5.75 Å². The van der Waals surface area contributed by atoms with E-state index in [0.717, 1.165) is 24.2 Å². The van der Waals surface area contributed by atoms with E-state index in [4.69, 9.17) is 4.74 Å². The molecule has 7 nitrogen and oxygen atoms in total. The molecule has 1 aliphatic heterocycles. The highest BCUT2D eigenvalue weighted by Crippen LogP contribution is 2.22. The van der Waals surface area contributed by atoms with E-state index in [1.54, 1.807) is 19.2 Å². The molecule has 2 heterocycles. The minimum Gasteiger partial charge on any atom is -0.497 e. The second-order valence-corrected chi connectivity index (χ2v) is 9.29. The molecule has 0 bridgehead atoms. The maximum absolute atomic E-state index is 12.5. The average molecular weight is 422 g/mol. The van der Waals surface area contributed by atoms with Gasteiger partial charge in [-0.25, -0.2) is 13.4 Å². The second-order valence-electron chi connectivity index (χ2n) is 6.36. The summed E-state index contributed by atoms with van der Waals surface area (Å²) in [7, 11) is -1.85. The highest BCUT2D eigenvalue weighted by Gasteiger charge is 2.27. The number of sulfonamides is 1. The van der Waals surface area contributed by atoms with E-state index in [-0.39, 0.29) is 16.6 Å². The molecule has 1 saturated heterocycles. The minimum atomic E-state index is -3.46. The maximum atomic E-state index is 12.5. The zero-order chi connectivity index (χ0) is 20.0. The third kappa shape index (κ3) is 5.24. The molecule has 0 unspecified atom stereocenters. The lowest BCUT2D eigenvalue weighted by Crippen LogP contribution is -2.27. The number of nitrogens with one attached hydrogen (secondary N) is 1. The van der Waals surface area contributed by atoms with E-state index in [0.29, 0.717) is 24.7 Å². The van der Waals surface area contributed by atoms with Crippen LogP contribution in [0.1, 0.15) is 18.4 Å². The molecule has 1 N–H and O–H groups in total. The van der Waals surface area contributed by atoms with E-state index in [9.17, 15) is 13.2 Å². The molecule has 0 radical (unpaired) electrons. The van der Waals surface area contributed by atoms with Crippen LogP contribution in [0.25, 0.3) is 0 Å². The second kappa shape index (κ2) is 9.40. The van der Waals surface area contributed by atoms with E-state index in [2.05, 4.69) is 10.3 Å². The normalized spacial score (nSPS) is 14.8. The largest absolute Gasteiger partial charge is 0.497 e. The summed E-state index contributed by atoms with van der Waals surface area (Å²) >= 11 is 1.27. The molecule has 0 saturated carbocycles. The van der Waals surface area contributed by atoms with Gasteiger partial charge in [-0.2, -0.15) is 4.31 Å². The SMILES string of the molecule is COc1ccc(CNC(=O)CSc2ccc(S(=O)(=O)N3CCCC3)cn2)cc1. The molecule has 9 heteroatoms. The number of carbonyl (C=O) groups excluding carboxylic acids is 1. The molecule has 150 valence electrons. The number of pyridine rings is 1. The fraction of sp³-hybridized carbons (Fsp3) is 0.368. The number of amides is 1. The number of methoxy groups -OCH3 is 1. The summed E-state index contributed by atoms with van der Waals surface area (Å²) in [5.74, 6) is 0.866. The fourth-order valence-electron chi connectivity index (χ4n) is 2.82. The van der Waals surface area contributed by atoms with Crippen LogP contribution in [0.3, 0.4) is 0 Å². The molecule has 28 heavy (non-hydrogen) atoms. The Bertz CT molecular complexity index is 894. The summed E-state index contributed by atoms with van der Waals surface area (Å²) in [5, 5.41) is 3.46. The number of hydrogen-bond acceptors (Lipinski definition) is 6. The van der Waals surface area contributed by atoms with Gasteiger partial charge in [0.1, 0.15) is 10.6 Å².